The smallest absolute Gasteiger partial charge is 0.259 e. The van der Waals surface area contributed by atoms with Crippen molar-refractivity contribution in [3.63, 3.8) is 0 Å². The van der Waals surface area contributed by atoms with Gasteiger partial charge in [0.05, 0.1) is 5.52 Å². The Morgan fingerprint density at radius 1 is 1.25 bits per heavy atom. The van der Waals surface area contributed by atoms with Crippen LogP contribution in [0.3, 0.4) is 0 Å². The van der Waals surface area contributed by atoms with Gasteiger partial charge in [0.25, 0.3) is 5.91 Å². The molecular formula is C14H14FN3O2. The summed E-state index contributed by atoms with van der Waals surface area (Å²) < 4.78 is 13.6. The quantitative estimate of drug-likeness (QED) is 0.805. The number of halogens is 1. The SMILES string of the molecule is O=C(c1c[nH]c2c(F)cccc2c1=O)N1CCNCC1. The van der Waals surface area contributed by atoms with Gasteiger partial charge in [0.15, 0.2) is 0 Å². The number of rotatable bonds is 1. The van der Waals surface area contributed by atoms with Crippen LogP contribution in [0, 0.1) is 5.82 Å². The van der Waals surface area contributed by atoms with Gasteiger partial charge < -0.3 is 15.2 Å². The fraction of sp³-hybridized carbons (Fsp3) is 0.286. The molecule has 1 aliphatic rings. The number of hydrogen-bond acceptors (Lipinski definition) is 3. The summed E-state index contributed by atoms with van der Waals surface area (Å²) >= 11 is 0. The Labute approximate surface area is 114 Å². The van der Waals surface area contributed by atoms with Gasteiger partial charge in [-0.25, -0.2) is 4.39 Å². The van der Waals surface area contributed by atoms with Crippen molar-refractivity contribution in [3.8, 4) is 0 Å². The number of carbonyl (C=O) groups excluding carboxylic acids is 1. The van der Waals surface area contributed by atoms with Crippen molar-refractivity contribution in [1.82, 2.24) is 15.2 Å². The van der Waals surface area contributed by atoms with Gasteiger partial charge in [-0.2, -0.15) is 0 Å². The van der Waals surface area contributed by atoms with Gasteiger partial charge in [-0.3, -0.25) is 9.59 Å². The molecular weight excluding hydrogens is 261 g/mol. The maximum absolute atomic E-state index is 13.6. The number of amides is 1. The summed E-state index contributed by atoms with van der Waals surface area (Å²) in [6, 6.07) is 4.26. The summed E-state index contributed by atoms with van der Waals surface area (Å²) in [4.78, 5) is 29.0. The minimum absolute atomic E-state index is 0.0602. The number of nitrogens with one attached hydrogen (secondary N) is 2. The average Bonchev–Trinajstić information content (AvgIpc) is 2.49. The maximum atomic E-state index is 13.6. The van der Waals surface area contributed by atoms with E-state index in [2.05, 4.69) is 10.3 Å². The van der Waals surface area contributed by atoms with Gasteiger partial charge in [0.2, 0.25) is 5.43 Å². The van der Waals surface area contributed by atoms with Crippen LogP contribution in [0.4, 0.5) is 4.39 Å². The van der Waals surface area contributed by atoms with E-state index in [1.54, 1.807) is 4.90 Å². The number of benzene rings is 1. The van der Waals surface area contributed by atoms with Crippen LogP contribution < -0.4 is 10.7 Å². The Kier molecular flexibility index (Phi) is 3.23. The molecule has 5 nitrogen and oxygen atoms in total. The molecule has 0 spiro atoms. The summed E-state index contributed by atoms with van der Waals surface area (Å²) in [5.41, 5.74) is -0.235. The van der Waals surface area contributed by atoms with Crippen molar-refractivity contribution in [2.75, 3.05) is 26.2 Å². The zero-order chi connectivity index (χ0) is 14.1. The molecule has 2 heterocycles. The van der Waals surface area contributed by atoms with Crippen LogP contribution in [0.5, 0.6) is 0 Å². The van der Waals surface area contributed by atoms with Gasteiger partial charge in [-0.05, 0) is 12.1 Å². The van der Waals surface area contributed by atoms with Crippen molar-refractivity contribution >= 4 is 16.8 Å². The highest BCUT2D eigenvalue weighted by Gasteiger charge is 2.21. The number of hydrogen-bond donors (Lipinski definition) is 2. The van der Waals surface area contributed by atoms with Gasteiger partial charge in [-0.1, -0.05) is 6.07 Å². The fourth-order valence-electron chi connectivity index (χ4n) is 2.41. The molecule has 0 aliphatic carbocycles. The molecule has 1 amide bonds. The first-order chi connectivity index (χ1) is 9.68. The molecule has 2 aromatic rings. The third-order valence-corrected chi connectivity index (χ3v) is 3.50. The van der Waals surface area contributed by atoms with Crippen LogP contribution in [0.15, 0.2) is 29.2 Å². The molecule has 6 heteroatoms. The van der Waals surface area contributed by atoms with E-state index in [0.29, 0.717) is 26.2 Å². The zero-order valence-electron chi connectivity index (χ0n) is 10.8. The van der Waals surface area contributed by atoms with E-state index in [1.807, 2.05) is 0 Å². The van der Waals surface area contributed by atoms with Crippen molar-refractivity contribution in [2.45, 2.75) is 0 Å². The molecule has 0 unspecified atom stereocenters. The van der Waals surface area contributed by atoms with E-state index in [1.165, 1.54) is 24.4 Å². The van der Waals surface area contributed by atoms with Crippen molar-refractivity contribution in [3.05, 3.63) is 46.0 Å². The highest BCUT2D eigenvalue weighted by Crippen LogP contribution is 2.13. The number of aromatic nitrogens is 1. The summed E-state index contributed by atoms with van der Waals surface area (Å²) in [6.45, 7) is 2.57. The lowest BCUT2D eigenvalue weighted by atomic mass is 10.1. The third-order valence-electron chi connectivity index (χ3n) is 3.50. The van der Waals surface area contributed by atoms with Gasteiger partial charge in [0, 0.05) is 37.8 Å². The molecule has 104 valence electrons. The lowest BCUT2D eigenvalue weighted by molar-refractivity contribution is 0.0734. The summed E-state index contributed by atoms with van der Waals surface area (Å²) in [6.07, 6.45) is 1.30. The summed E-state index contributed by atoms with van der Waals surface area (Å²) in [7, 11) is 0. The molecule has 1 aliphatic heterocycles. The molecule has 1 aromatic carbocycles. The van der Waals surface area contributed by atoms with Crippen LogP contribution in [0.2, 0.25) is 0 Å². The first-order valence-electron chi connectivity index (χ1n) is 6.48. The van der Waals surface area contributed by atoms with Crippen LogP contribution >= 0.6 is 0 Å². The fourth-order valence-corrected chi connectivity index (χ4v) is 2.41. The third kappa shape index (κ3) is 2.08. The van der Waals surface area contributed by atoms with Crippen LogP contribution in [-0.2, 0) is 0 Å². The van der Waals surface area contributed by atoms with E-state index in [-0.39, 0.29) is 22.4 Å². The molecule has 1 aromatic heterocycles. The van der Waals surface area contributed by atoms with E-state index >= 15 is 0 Å². The topological polar surface area (TPSA) is 65.2 Å². The number of carbonyl (C=O) groups is 1. The normalized spacial score (nSPS) is 15.6. The molecule has 2 N–H and O–H groups in total. The van der Waals surface area contributed by atoms with Crippen molar-refractivity contribution < 1.29 is 9.18 Å². The Hall–Kier alpha value is -2.21. The molecule has 3 rings (SSSR count). The predicted molar refractivity (Wildman–Crippen MR) is 73.3 cm³/mol. The molecule has 1 fully saturated rings. The monoisotopic (exact) mass is 275 g/mol. The second-order valence-corrected chi connectivity index (χ2v) is 4.74. The average molecular weight is 275 g/mol. The lowest BCUT2D eigenvalue weighted by Crippen LogP contribution is -2.47. The molecule has 0 radical (unpaired) electrons. The van der Waals surface area contributed by atoms with E-state index in [0.717, 1.165) is 0 Å². The van der Waals surface area contributed by atoms with Crippen LogP contribution in [0.1, 0.15) is 10.4 Å². The Bertz CT molecular complexity index is 720. The van der Waals surface area contributed by atoms with E-state index in [4.69, 9.17) is 0 Å². The number of aromatic amines is 1. The molecule has 0 saturated carbocycles. The van der Waals surface area contributed by atoms with Gasteiger partial charge >= 0.3 is 0 Å². The number of para-hydroxylation sites is 1. The standard InChI is InChI=1S/C14H14FN3O2/c15-11-3-1-2-9-12(11)17-8-10(13(9)19)14(20)18-6-4-16-5-7-18/h1-3,8,16H,4-7H2,(H,17,19). The maximum Gasteiger partial charge on any atom is 0.259 e. The number of piperazine rings is 1. The largest absolute Gasteiger partial charge is 0.358 e. The first kappa shape index (κ1) is 12.8. The molecule has 1 saturated heterocycles. The number of nitrogens with zero attached hydrogens (tertiary/aromatic N) is 1. The van der Waals surface area contributed by atoms with Crippen LogP contribution in [0.25, 0.3) is 10.9 Å². The number of fused-ring (bicyclic) bond motifs is 1. The highest BCUT2D eigenvalue weighted by molar-refractivity contribution is 5.97. The highest BCUT2D eigenvalue weighted by atomic mass is 19.1. The minimum Gasteiger partial charge on any atom is -0.358 e. The Morgan fingerprint density at radius 3 is 2.75 bits per heavy atom. The summed E-state index contributed by atoms with van der Waals surface area (Å²) in [5.74, 6) is -0.806. The number of pyridine rings is 1. The zero-order valence-corrected chi connectivity index (χ0v) is 10.8. The first-order valence-corrected chi connectivity index (χ1v) is 6.48. The molecule has 0 atom stereocenters. The Balaban J connectivity index is 2.06. The number of H-pyrrole nitrogens is 1. The predicted octanol–water partition coefficient (Wildman–Crippen LogP) is 0.713. The Morgan fingerprint density at radius 2 is 2.00 bits per heavy atom. The second kappa shape index (κ2) is 5.05. The lowest BCUT2D eigenvalue weighted by Gasteiger charge is -2.27. The summed E-state index contributed by atoms with van der Waals surface area (Å²) in [5, 5.41) is 3.34. The van der Waals surface area contributed by atoms with Gasteiger partial charge in [0.1, 0.15) is 11.4 Å². The van der Waals surface area contributed by atoms with Crippen molar-refractivity contribution in [1.29, 1.82) is 0 Å². The molecule has 0 bridgehead atoms. The van der Waals surface area contributed by atoms with Crippen molar-refractivity contribution in [2.24, 2.45) is 0 Å². The second-order valence-electron chi connectivity index (χ2n) is 4.74. The van der Waals surface area contributed by atoms with E-state index in [9.17, 15) is 14.0 Å². The minimum atomic E-state index is -0.499. The van der Waals surface area contributed by atoms with E-state index < -0.39 is 11.2 Å². The van der Waals surface area contributed by atoms with Gasteiger partial charge in [-0.15, -0.1) is 0 Å². The molecule has 20 heavy (non-hydrogen) atoms. The van der Waals surface area contributed by atoms with Crippen LogP contribution in [-0.4, -0.2) is 42.0 Å².